The summed E-state index contributed by atoms with van der Waals surface area (Å²) in [5.74, 6) is 0.561. The molecule has 148 valence electrons. The van der Waals surface area contributed by atoms with Crippen molar-refractivity contribution in [1.82, 2.24) is 4.90 Å². The van der Waals surface area contributed by atoms with Gasteiger partial charge in [0, 0.05) is 31.0 Å². The van der Waals surface area contributed by atoms with Crippen LogP contribution in [0.4, 0.5) is 5.69 Å². The van der Waals surface area contributed by atoms with Gasteiger partial charge in [-0.05, 0) is 42.5 Å². The van der Waals surface area contributed by atoms with Crippen LogP contribution in [0.15, 0.2) is 29.2 Å². The van der Waals surface area contributed by atoms with Crippen LogP contribution in [-0.4, -0.2) is 44.0 Å². The predicted octanol–water partition coefficient (Wildman–Crippen LogP) is 2.70. The molecule has 1 aromatic carbocycles. The SMILES string of the molecule is CC1CCCC(N2CC(C(=O)Nc3ccc(S(C)(=O)=O)cc3)CC2=O)C1C. The van der Waals surface area contributed by atoms with Crippen LogP contribution < -0.4 is 5.32 Å². The second kappa shape index (κ2) is 7.62. The number of hydrogen-bond acceptors (Lipinski definition) is 4. The average molecular weight is 393 g/mol. The van der Waals surface area contributed by atoms with Gasteiger partial charge in [-0.3, -0.25) is 9.59 Å². The molecular weight excluding hydrogens is 364 g/mol. The predicted molar refractivity (Wildman–Crippen MR) is 104 cm³/mol. The van der Waals surface area contributed by atoms with Gasteiger partial charge < -0.3 is 10.2 Å². The van der Waals surface area contributed by atoms with Crippen molar-refractivity contribution in [1.29, 1.82) is 0 Å². The van der Waals surface area contributed by atoms with Crippen LogP contribution in [0.5, 0.6) is 0 Å². The molecule has 2 fully saturated rings. The third-order valence-corrected chi connectivity index (χ3v) is 7.27. The molecule has 2 aliphatic rings. The molecule has 1 heterocycles. The zero-order valence-corrected chi connectivity index (χ0v) is 17.0. The molecule has 3 rings (SSSR count). The first kappa shape index (κ1) is 19.9. The highest BCUT2D eigenvalue weighted by Gasteiger charge is 2.41. The van der Waals surface area contributed by atoms with Gasteiger partial charge in [-0.15, -0.1) is 0 Å². The zero-order valence-electron chi connectivity index (χ0n) is 16.1. The third kappa shape index (κ3) is 4.34. The first-order valence-corrected chi connectivity index (χ1v) is 11.5. The van der Waals surface area contributed by atoms with E-state index in [2.05, 4.69) is 19.2 Å². The third-order valence-electron chi connectivity index (χ3n) is 6.14. The van der Waals surface area contributed by atoms with E-state index in [1.165, 1.54) is 18.6 Å². The summed E-state index contributed by atoms with van der Waals surface area (Å²) in [6.45, 7) is 4.91. The first-order valence-electron chi connectivity index (χ1n) is 9.57. The summed E-state index contributed by atoms with van der Waals surface area (Å²) in [4.78, 5) is 27.3. The maximum Gasteiger partial charge on any atom is 0.229 e. The topological polar surface area (TPSA) is 83.6 Å². The van der Waals surface area contributed by atoms with Crippen LogP contribution in [0, 0.1) is 17.8 Å². The van der Waals surface area contributed by atoms with Crippen molar-refractivity contribution >= 4 is 27.3 Å². The zero-order chi connectivity index (χ0) is 19.8. The molecule has 1 aromatic rings. The number of nitrogens with zero attached hydrogens (tertiary/aromatic N) is 1. The van der Waals surface area contributed by atoms with Crippen molar-refractivity contribution in [2.75, 3.05) is 18.1 Å². The normalized spacial score (nSPS) is 29.0. The molecule has 1 saturated heterocycles. The number of likely N-dealkylation sites (tertiary alicyclic amines) is 1. The van der Waals surface area contributed by atoms with E-state index in [4.69, 9.17) is 0 Å². The van der Waals surface area contributed by atoms with Crippen LogP contribution >= 0.6 is 0 Å². The molecule has 2 amide bonds. The van der Waals surface area contributed by atoms with E-state index in [0.717, 1.165) is 19.1 Å². The highest BCUT2D eigenvalue weighted by atomic mass is 32.2. The number of nitrogens with one attached hydrogen (secondary N) is 1. The molecule has 6 nitrogen and oxygen atoms in total. The minimum atomic E-state index is -3.26. The number of hydrogen-bond donors (Lipinski definition) is 1. The Morgan fingerprint density at radius 2 is 1.81 bits per heavy atom. The van der Waals surface area contributed by atoms with E-state index in [1.54, 1.807) is 12.1 Å². The van der Waals surface area contributed by atoms with Gasteiger partial charge in [0.25, 0.3) is 0 Å². The summed E-state index contributed by atoms with van der Waals surface area (Å²) < 4.78 is 23.0. The van der Waals surface area contributed by atoms with E-state index in [-0.39, 0.29) is 35.1 Å². The first-order chi connectivity index (χ1) is 12.7. The maximum atomic E-state index is 12.6. The Balaban J connectivity index is 1.64. The minimum Gasteiger partial charge on any atom is -0.339 e. The monoisotopic (exact) mass is 392 g/mol. The number of rotatable bonds is 4. The van der Waals surface area contributed by atoms with Crippen LogP contribution in [0.1, 0.15) is 39.5 Å². The second-order valence-electron chi connectivity index (χ2n) is 8.07. The fourth-order valence-corrected chi connectivity index (χ4v) is 4.88. The van der Waals surface area contributed by atoms with Crippen molar-refractivity contribution < 1.29 is 18.0 Å². The van der Waals surface area contributed by atoms with Crippen LogP contribution in [-0.2, 0) is 19.4 Å². The average Bonchev–Trinajstić information content (AvgIpc) is 2.99. The number of anilines is 1. The largest absolute Gasteiger partial charge is 0.339 e. The lowest BCUT2D eigenvalue weighted by Crippen LogP contribution is -2.45. The Kier molecular flexibility index (Phi) is 5.60. The molecule has 1 N–H and O–H groups in total. The van der Waals surface area contributed by atoms with Crippen molar-refractivity contribution in [3.63, 3.8) is 0 Å². The number of carbonyl (C=O) groups is 2. The second-order valence-corrected chi connectivity index (χ2v) is 10.1. The summed E-state index contributed by atoms with van der Waals surface area (Å²) in [6, 6.07) is 6.33. The highest BCUT2D eigenvalue weighted by molar-refractivity contribution is 7.90. The standard InChI is InChI=1S/C20H28N2O4S/c1-13-5-4-6-18(14(13)2)22-12-15(11-19(22)23)20(24)21-16-7-9-17(10-8-16)27(3,25)26/h7-10,13-15,18H,4-6,11-12H2,1-3H3,(H,21,24). The summed E-state index contributed by atoms with van der Waals surface area (Å²) in [5, 5.41) is 2.81. The highest BCUT2D eigenvalue weighted by Crippen LogP contribution is 2.36. The van der Waals surface area contributed by atoms with Gasteiger partial charge in [-0.2, -0.15) is 0 Å². The van der Waals surface area contributed by atoms with E-state index in [9.17, 15) is 18.0 Å². The number of carbonyl (C=O) groups excluding carboxylic acids is 2. The van der Waals surface area contributed by atoms with E-state index >= 15 is 0 Å². The van der Waals surface area contributed by atoms with Crippen LogP contribution in [0.2, 0.25) is 0 Å². The van der Waals surface area contributed by atoms with E-state index in [1.807, 2.05) is 4.90 Å². The summed E-state index contributed by atoms with van der Waals surface area (Å²) in [7, 11) is -3.26. The number of amides is 2. The molecular formula is C20H28N2O4S. The van der Waals surface area contributed by atoms with Gasteiger partial charge in [0.2, 0.25) is 11.8 Å². The lowest BCUT2D eigenvalue weighted by molar-refractivity contribution is -0.131. The molecule has 0 radical (unpaired) electrons. The fraction of sp³-hybridized carbons (Fsp3) is 0.600. The Labute approximate surface area is 161 Å². The number of benzene rings is 1. The lowest BCUT2D eigenvalue weighted by Gasteiger charge is -2.40. The van der Waals surface area contributed by atoms with Crippen molar-refractivity contribution in [2.45, 2.75) is 50.5 Å². The fourth-order valence-electron chi connectivity index (χ4n) is 4.25. The molecule has 0 spiro atoms. The number of sulfone groups is 1. The van der Waals surface area contributed by atoms with Crippen LogP contribution in [0.25, 0.3) is 0 Å². The summed E-state index contributed by atoms with van der Waals surface area (Å²) >= 11 is 0. The van der Waals surface area contributed by atoms with Gasteiger partial charge in [-0.25, -0.2) is 8.42 Å². The summed E-state index contributed by atoms with van der Waals surface area (Å²) in [6.07, 6.45) is 4.73. The molecule has 4 atom stereocenters. The molecule has 4 unspecified atom stereocenters. The molecule has 7 heteroatoms. The van der Waals surface area contributed by atoms with Crippen molar-refractivity contribution in [3.05, 3.63) is 24.3 Å². The summed E-state index contributed by atoms with van der Waals surface area (Å²) in [5.41, 5.74) is 0.540. The molecule has 0 bridgehead atoms. The quantitative estimate of drug-likeness (QED) is 0.854. The van der Waals surface area contributed by atoms with E-state index in [0.29, 0.717) is 24.1 Å². The lowest BCUT2D eigenvalue weighted by atomic mass is 9.77. The van der Waals surface area contributed by atoms with Gasteiger partial charge >= 0.3 is 0 Å². The Hall–Kier alpha value is -1.89. The van der Waals surface area contributed by atoms with Gasteiger partial charge in [-0.1, -0.05) is 26.7 Å². The Morgan fingerprint density at radius 3 is 2.44 bits per heavy atom. The Morgan fingerprint density at radius 1 is 1.15 bits per heavy atom. The van der Waals surface area contributed by atoms with Crippen molar-refractivity contribution in [3.8, 4) is 0 Å². The van der Waals surface area contributed by atoms with E-state index < -0.39 is 9.84 Å². The molecule has 0 aromatic heterocycles. The smallest absolute Gasteiger partial charge is 0.229 e. The van der Waals surface area contributed by atoms with Gasteiger partial charge in [0.05, 0.1) is 10.8 Å². The van der Waals surface area contributed by atoms with Gasteiger partial charge in [0.1, 0.15) is 0 Å². The van der Waals surface area contributed by atoms with Crippen LogP contribution in [0.3, 0.4) is 0 Å². The van der Waals surface area contributed by atoms with Crippen molar-refractivity contribution in [2.24, 2.45) is 17.8 Å². The van der Waals surface area contributed by atoms with Gasteiger partial charge in [0.15, 0.2) is 9.84 Å². The Bertz CT molecular complexity index is 819. The molecule has 1 aliphatic heterocycles. The molecule has 1 saturated carbocycles. The molecule has 1 aliphatic carbocycles. The molecule has 27 heavy (non-hydrogen) atoms. The maximum absolute atomic E-state index is 12.6. The minimum absolute atomic E-state index is 0.0634.